The molecular formula is C22H33N5O3. The van der Waals surface area contributed by atoms with Crippen molar-refractivity contribution in [3.63, 3.8) is 0 Å². The first-order chi connectivity index (χ1) is 14.6. The van der Waals surface area contributed by atoms with Crippen molar-refractivity contribution in [1.82, 2.24) is 15.5 Å². The maximum atomic E-state index is 12.3. The van der Waals surface area contributed by atoms with E-state index in [1.807, 2.05) is 24.3 Å². The number of piperidine rings is 1. The normalized spacial score (nSPS) is 17.4. The van der Waals surface area contributed by atoms with Crippen molar-refractivity contribution < 1.29 is 14.3 Å². The zero-order valence-corrected chi connectivity index (χ0v) is 18.0. The molecule has 0 aliphatic carbocycles. The second-order valence-corrected chi connectivity index (χ2v) is 7.70. The predicted octanol–water partition coefficient (Wildman–Crippen LogP) is 1.62. The molecule has 1 aromatic carbocycles. The van der Waals surface area contributed by atoms with Crippen LogP contribution in [-0.4, -0.2) is 69.1 Å². The summed E-state index contributed by atoms with van der Waals surface area (Å²) in [4.78, 5) is 32.7. The topological polar surface area (TPSA) is 86.3 Å². The number of aliphatic imine (C=N–C) groups is 1. The van der Waals surface area contributed by atoms with Gasteiger partial charge in [-0.15, -0.1) is 0 Å². The first-order valence-electron chi connectivity index (χ1n) is 10.9. The van der Waals surface area contributed by atoms with Crippen LogP contribution in [0.2, 0.25) is 0 Å². The van der Waals surface area contributed by atoms with Gasteiger partial charge in [-0.25, -0.2) is 0 Å². The highest BCUT2D eigenvalue weighted by atomic mass is 16.5. The Hall–Kier alpha value is -2.77. The minimum Gasteiger partial charge on any atom is -0.482 e. The van der Waals surface area contributed by atoms with Gasteiger partial charge in [0.15, 0.2) is 12.6 Å². The monoisotopic (exact) mass is 415 g/mol. The minimum absolute atomic E-state index is 0.0113. The fraction of sp³-hybridized carbons (Fsp3) is 0.591. The van der Waals surface area contributed by atoms with Crippen LogP contribution >= 0.6 is 0 Å². The summed E-state index contributed by atoms with van der Waals surface area (Å²) >= 11 is 0. The van der Waals surface area contributed by atoms with Gasteiger partial charge in [-0.2, -0.15) is 0 Å². The van der Waals surface area contributed by atoms with Crippen LogP contribution < -0.4 is 20.3 Å². The van der Waals surface area contributed by atoms with E-state index in [1.54, 1.807) is 11.9 Å². The Kier molecular flexibility index (Phi) is 7.93. The number of anilines is 1. The van der Waals surface area contributed by atoms with Gasteiger partial charge in [-0.3, -0.25) is 14.6 Å². The van der Waals surface area contributed by atoms with Crippen molar-refractivity contribution in [2.24, 2.45) is 10.9 Å². The fourth-order valence-corrected chi connectivity index (χ4v) is 3.95. The van der Waals surface area contributed by atoms with E-state index in [4.69, 9.17) is 9.73 Å². The van der Waals surface area contributed by atoms with Crippen LogP contribution in [0.25, 0.3) is 0 Å². The number of guanidine groups is 1. The van der Waals surface area contributed by atoms with Gasteiger partial charge in [-0.05, 0) is 44.2 Å². The van der Waals surface area contributed by atoms with Gasteiger partial charge < -0.3 is 25.2 Å². The molecule has 1 fully saturated rings. The summed E-state index contributed by atoms with van der Waals surface area (Å²) in [7, 11) is 1.69. The van der Waals surface area contributed by atoms with Gasteiger partial charge in [0.2, 0.25) is 5.91 Å². The maximum Gasteiger partial charge on any atom is 0.265 e. The Labute approximate surface area is 178 Å². The second kappa shape index (κ2) is 10.8. The van der Waals surface area contributed by atoms with Gasteiger partial charge in [0.25, 0.3) is 5.91 Å². The summed E-state index contributed by atoms with van der Waals surface area (Å²) in [6.45, 7) is 6.05. The Morgan fingerprint density at radius 3 is 2.77 bits per heavy atom. The zero-order chi connectivity index (χ0) is 21.3. The molecule has 1 saturated heterocycles. The summed E-state index contributed by atoms with van der Waals surface area (Å²) in [5, 5.41) is 6.09. The third kappa shape index (κ3) is 5.64. The molecule has 2 aliphatic heterocycles. The molecule has 0 atom stereocenters. The van der Waals surface area contributed by atoms with Crippen LogP contribution in [0.1, 0.15) is 32.6 Å². The highest BCUT2D eigenvalue weighted by Gasteiger charge is 2.25. The van der Waals surface area contributed by atoms with Gasteiger partial charge in [0.1, 0.15) is 5.75 Å². The van der Waals surface area contributed by atoms with Crippen LogP contribution in [0.5, 0.6) is 5.75 Å². The number of para-hydroxylation sites is 2. The van der Waals surface area contributed by atoms with E-state index in [9.17, 15) is 9.59 Å². The maximum absolute atomic E-state index is 12.3. The van der Waals surface area contributed by atoms with Crippen LogP contribution in [0, 0.1) is 5.92 Å². The van der Waals surface area contributed by atoms with Gasteiger partial charge in [0, 0.05) is 46.2 Å². The Balaban J connectivity index is 1.51. The minimum atomic E-state index is -0.0113. The molecule has 8 heteroatoms. The number of likely N-dealkylation sites (tertiary alicyclic amines) is 1. The molecule has 164 valence electrons. The van der Waals surface area contributed by atoms with Crippen molar-refractivity contribution in [3.05, 3.63) is 24.3 Å². The molecular weight excluding hydrogens is 382 g/mol. The summed E-state index contributed by atoms with van der Waals surface area (Å²) < 4.78 is 5.50. The molecule has 30 heavy (non-hydrogen) atoms. The average molecular weight is 416 g/mol. The van der Waals surface area contributed by atoms with Crippen molar-refractivity contribution in [2.75, 3.05) is 51.3 Å². The Morgan fingerprint density at radius 1 is 1.27 bits per heavy atom. The number of hydrogen-bond acceptors (Lipinski definition) is 4. The van der Waals surface area contributed by atoms with Crippen molar-refractivity contribution >= 4 is 23.5 Å². The van der Waals surface area contributed by atoms with E-state index in [-0.39, 0.29) is 18.4 Å². The molecule has 3 rings (SSSR count). The number of fused-ring (bicyclic) bond motifs is 1. The lowest BCUT2D eigenvalue weighted by Gasteiger charge is -2.34. The lowest BCUT2D eigenvalue weighted by Crippen LogP contribution is -2.46. The Bertz CT molecular complexity index is 759. The molecule has 8 nitrogen and oxygen atoms in total. The van der Waals surface area contributed by atoms with E-state index >= 15 is 0 Å². The number of rotatable bonds is 7. The molecule has 2 heterocycles. The van der Waals surface area contributed by atoms with Gasteiger partial charge in [-0.1, -0.05) is 12.1 Å². The fourth-order valence-electron chi connectivity index (χ4n) is 3.95. The highest BCUT2D eigenvalue weighted by molar-refractivity contribution is 5.97. The standard InChI is InChI=1S/C22H33N5O3/c1-3-24-22(26-13-9-17(10-14-26)15-20(28)23-2)25-11-6-12-27-18-7-4-5-8-19(18)30-16-21(27)29/h4-5,7-8,17H,3,6,9-16H2,1-2H3,(H,23,28)(H,24,25). The number of nitrogens with one attached hydrogen (secondary N) is 2. The lowest BCUT2D eigenvalue weighted by atomic mass is 9.93. The van der Waals surface area contributed by atoms with Crippen LogP contribution in [-0.2, 0) is 9.59 Å². The molecule has 0 saturated carbocycles. The summed E-state index contributed by atoms with van der Waals surface area (Å²) in [5.41, 5.74) is 0.836. The first kappa shape index (κ1) is 21.9. The molecule has 2 aliphatic rings. The van der Waals surface area contributed by atoms with Gasteiger partial charge >= 0.3 is 0 Å². The number of carbonyl (C=O) groups is 2. The van der Waals surface area contributed by atoms with E-state index in [0.717, 1.165) is 56.3 Å². The smallest absolute Gasteiger partial charge is 0.265 e. The van der Waals surface area contributed by atoms with E-state index in [1.165, 1.54) is 0 Å². The number of ether oxygens (including phenoxy) is 1. The molecule has 1 aromatic rings. The number of hydrogen-bond donors (Lipinski definition) is 2. The van der Waals surface area contributed by atoms with Crippen LogP contribution in [0.3, 0.4) is 0 Å². The Morgan fingerprint density at radius 2 is 2.03 bits per heavy atom. The number of amides is 2. The largest absolute Gasteiger partial charge is 0.482 e. The van der Waals surface area contributed by atoms with E-state index in [0.29, 0.717) is 25.4 Å². The molecule has 0 radical (unpaired) electrons. The summed E-state index contributed by atoms with van der Waals surface area (Å²) in [6.07, 6.45) is 3.38. The van der Waals surface area contributed by atoms with Crippen molar-refractivity contribution in [3.8, 4) is 5.75 Å². The number of nitrogens with zero attached hydrogens (tertiary/aromatic N) is 3. The molecule has 0 aromatic heterocycles. The van der Waals surface area contributed by atoms with E-state index in [2.05, 4.69) is 22.5 Å². The highest BCUT2D eigenvalue weighted by Crippen LogP contribution is 2.31. The number of benzene rings is 1. The molecule has 0 unspecified atom stereocenters. The van der Waals surface area contributed by atoms with Crippen LogP contribution in [0.15, 0.2) is 29.3 Å². The zero-order valence-electron chi connectivity index (χ0n) is 18.0. The SMILES string of the molecule is CCNC(=NCCCN1C(=O)COc2ccccc21)N1CCC(CC(=O)NC)CC1. The van der Waals surface area contributed by atoms with E-state index < -0.39 is 0 Å². The third-order valence-electron chi connectivity index (χ3n) is 5.61. The first-order valence-corrected chi connectivity index (χ1v) is 10.9. The molecule has 2 N–H and O–H groups in total. The van der Waals surface area contributed by atoms with Crippen molar-refractivity contribution in [2.45, 2.75) is 32.6 Å². The van der Waals surface area contributed by atoms with Gasteiger partial charge in [0.05, 0.1) is 5.69 Å². The molecule has 0 bridgehead atoms. The predicted molar refractivity (Wildman–Crippen MR) is 118 cm³/mol. The van der Waals surface area contributed by atoms with Crippen molar-refractivity contribution in [1.29, 1.82) is 0 Å². The summed E-state index contributed by atoms with van der Waals surface area (Å²) in [6, 6.07) is 7.65. The van der Waals surface area contributed by atoms with Crippen LogP contribution in [0.4, 0.5) is 5.69 Å². The molecule has 0 spiro atoms. The average Bonchev–Trinajstić information content (AvgIpc) is 2.77. The number of carbonyl (C=O) groups excluding carboxylic acids is 2. The molecule has 2 amide bonds. The lowest BCUT2D eigenvalue weighted by molar-refractivity contribution is -0.122. The quantitative estimate of drug-likeness (QED) is 0.402. The third-order valence-corrected chi connectivity index (χ3v) is 5.61. The second-order valence-electron chi connectivity index (χ2n) is 7.70. The summed E-state index contributed by atoms with van der Waals surface area (Å²) in [5.74, 6) is 2.23.